The number of hydrogen-bond donors (Lipinski definition) is 1. The fourth-order valence-corrected chi connectivity index (χ4v) is 1.85. The Morgan fingerprint density at radius 3 is 2.79 bits per heavy atom. The van der Waals surface area contributed by atoms with Crippen molar-refractivity contribution in [1.82, 2.24) is 4.57 Å². The van der Waals surface area contributed by atoms with Crippen LogP contribution in [0.25, 0.3) is 0 Å². The third-order valence-corrected chi connectivity index (χ3v) is 2.76. The number of aromatic nitrogens is 1. The second kappa shape index (κ2) is 3.77. The summed E-state index contributed by atoms with van der Waals surface area (Å²) in [5.41, 5.74) is 1.09. The Balaban J connectivity index is 2.01. The molecule has 0 bridgehead atoms. The molecule has 2 rings (SSSR count). The van der Waals surface area contributed by atoms with E-state index in [2.05, 4.69) is 30.8 Å². The van der Waals surface area contributed by atoms with Crippen LogP contribution in [0.3, 0.4) is 0 Å². The van der Waals surface area contributed by atoms with E-state index in [1.54, 1.807) is 0 Å². The number of aliphatic hydroxyl groups is 1. The van der Waals surface area contributed by atoms with E-state index in [4.69, 9.17) is 0 Å². The van der Waals surface area contributed by atoms with Crippen LogP contribution in [0.4, 0.5) is 0 Å². The maximum atomic E-state index is 9.89. The van der Waals surface area contributed by atoms with Crippen LogP contribution < -0.4 is 0 Å². The van der Waals surface area contributed by atoms with Gasteiger partial charge in [-0.15, -0.1) is 0 Å². The maximum Gasteiger partial charge on any atom is 0.0832 e. The molecule has 0 spiro atoms. The van der Waals surface area contributed by atoms with Crippen LogP contribution in [0.15, 0.2) is 18.5 Å². The van der Waals surface area contributed by atoms with Gasteiger partial charge in [-0.1, -0.05) is 13.8 Å². The molecule has 1 heterocycles. The van der Waals surface area contributed by atoms with Gasteiger partial charge in [-0.3, -0.25) is 0 Å². The third-order valence-electron chi connectivity index (χ3n) is 2.76. The second-order valence-electron chi connectivity index (χ2n) is 4.82. The van der Waals surface area contributed by atoms with Crippen molar-refractivity contribution in [3.63, 3.8) is 0 Å². The monoisotopic (exact) mass is 193 g/mol. The predicted octanol–water partition coefficient (Wildman–Crippen LogP) is 2.59. The normalized spacial score (nSPS) is 18.9. The zero-order valence-electron chi connectivity index (χ0n) is 8.98. The minimum atomic E-state index is -0.219. The smallest absolute Gasteiger partial charge is 0.0832 e. The van der Waals surface area contributed by atoms with E-state index in [9.17, 15) is 5.11 Å². The van der Waals surface area contributed by atoms with Gasteiger partial charge in [-0.05, 0) is 36.3 Å². The maximum absolute atomic E-state index is 9.89. The van der Waals surface area contributed by atoms with Crippen LogP contribution in [0.5, 0.6) is 0 Å². The first-order chi connectivity index (χ1) is 6.66. The minimum absolute atomic E-state index is 0.219. The lowest BCUT2D eigenvalue weighted by Crippen LogP contribution is -2.02. The molecule has 1 atom stereocenters. The number of aliphatic hydroxyl groups excluding tert-OH is 1. The Morgan fingerprint density at radius 1 is 1.50 bits per heavy atom. The zero-order valence-corrected chi connectivity index (χ0v) is 8.98. The number of nitrogens with zero attached hydrogens (tertiary/aromatic N) is 1. The van der Waals surface area contributed by atoms with Gasteiger partial charge in [0.15, 0.2) is 0 Å². The van der Waals surface area contributed by atoms with Crippen LogP contribution in [0.1, 0.15) is 38.4 Å². The lowest BCUT2D eigenvalue weighted by molar-refractivity contribution is 0.153. The summed E-state index contributed by atoms with van der Waals surface area (Å²) in [6.07, 6.45) is 6.32. The molecule has 1 aromatic rings. The average molecular weight is 193 g/mol. The van der Waals surface area contributed by atoms with Crippen molar-refractivity contribution in [3.8, 4) is 0 Å². The minimum Gasteiger partial charge on any atom is -0.388 e. The standard InChI is InChI=1S/C12H19NO/c1-9(2)7-13-6-5-11(8-13)12(14)10-3-4-10/h5-6,8-10,12,14H,3-4,7H2,1-2H3. The van der Waals surface area contributed by atoms with E-state index in [0.29, 0.717) is 11.8 Å². The first-order valence-electron chi connectivity index (χ1n) is 5.50. The molecule has 78 valence electrons. The van der Waals surface area contributed by atoms with E-state index in [1.165, 1.54) is 12.8 Å². The molecule has 1 aliphatic rings. The van der Waals surface area contributed by atoms with E-state index in [0.717, 1.165) is 12.1 Å². The van der Waals surface area contributed by atoms with Gasteiger partial charge in [-0.2, -0.15) is 0 Å². The lowest BCUT2D eigenvalue weighted by Gasteiger charge is -2.07. The van der Waals surface area contributed by atoms with E-state index in [1.807, 2.05) is 6.07 Å². The summed E-state index contributed by atoms with van der Waals surface area (Å²) < 4.78 is 2.17. The van der Waals surface area contributed by atoms with Crippen LogP contribution in [0.2, 0.25) is 0 Å². The van der Waals surface area contributed by atoms with Crippen molar-refractivity contribution in [3.05, 3.63) is 24.0 Å². The molecule has 14 heavy (non-hydrogen) atoms. The molecule has 2 heteroatoms. The largest absolute Gasteiger partial charge is 0.388 e. The Labute approximate surface area is 85.6 Å². The highest BCUT2D eigenvalue weighted by Crippen LogP contribution is 2.40. The van der Waals surface area contributed by atoms with Gasteiger partial charge in [0.2, 0.25) is 0 Å². The first-order valence-corrected chi connectivity index (χ1v) is 5.50. The van der Waals surface area contributed by atoms with E-state index >= 15 is 0 Å². The topological polar surface area (TPSA) is 25.2 Å². The van der Waals surface area contributed by atoms with Crippen LogP contribution in [-0.4, -0.2) is 9.67 Å². The Bertz CT molecular complexity index is 299. The molecule has 1 N–H and O–H groups in total. The van der Waals surface area contributed by atoms with Crippen molar-refractivity contribution in [2.24, 2.45) is 11.8 Å². The SMILES string of the molecule is CC(C)Cn1ccc(C(O)C2CC2)c1. The molecular formula is C12H19NO. The number of hydrogen-bond acceptors (Lipinski definition) is 1. The van der Waals surface area contributed by atoms with Gasteiger partial charge in [0.05, 0.1) is 6.10 Å². The van der Waals surface area contributed by atoms with Crippen molar-refractivity contribution >= 4 is 0 Å². The molecule has 1 aromatic heterocycles. The quantitative estimate of drug-likeness (QED) is 0.781. The van der Waals surface area contributed by atoms with Crippen LogP contribution in [-0.2, 0) is 6.54 Å². The molecule has 0 aliphatic heterocycles. The molecule has 1 unspecified atom stereocenters. The summed E-state index contributed by atoms with van der Waals surface area (Å²) in [5.74, 6) is 1.19. The third kappa shape index (κ3) is 2.18. The number of rotatable bonds is 4. The molecule has 0 aromatic carbocycles. The molecule has 0 amide bonds. The molecule has 1 fully saturated rings. The summed E-state index contributed by atoms with van der Waals surface area (Å²) in [6.45, 7) is 5.45. The van der Waals surface area contributed by atoms with Crippen molar-refractivity contribution in [2.75, 3.05) is 0 Å². The van der Waals surface area contributed by atoms with Crippen molar-refractivity contribution < 1.29 is 5.11 Å². The second-order valence-corrected chi connectivity index (χ2v) is 4.82. The molecule has 2 nitrogen and oxygen atoms in total. The summed E-state index contributed by atoms with van der Waals surface area (Å²) in [5, 5.41) is 9.89. The van der Waals surface area contributed by atoms with Crippen LogP contribution >= 0.6 is 0 Å². The highest BCUT2D eigenvalue weighted by molar-refractivity contribution is 5.16. The Hall–Kier alpha value is -0.760. The van der Waals surface area contributed by atoms with Crippen LogP contribution in [0, 0.1) is 11.8 Å². The molecule has 1 saturated carbocycles. The average Bonchev–Trinajstić information content (AvgIpc) is 2.86. The molecule has 0 radical (unpaired) electrons. The zero-order chi connectivity index (χ0) is 10.1. The van der Waals surface area contributed by atoms with Gasteiger partial charge in [0.25, 0.3) is 0 Å². The van der Waals surface area contributed by atoms with Gasteiger partial charge in [0.1, 0.15) is 0 Å². The fraction of sp³-hybridized carbons (Fsp3) is 0.667. The highest BCUT2D eigenvalue weighted by atomic mass is 16.3. The van der Waals surface area contributed by atoms with Gasteiger partial charge in [-0.25, -0.2) is 0 Å². The first kappa shape index (κ1) is 9.78. The van der Waals surface area contributed by atoms with E-state index < -0.39 is 0 Å². The molecule has 1 aliphatic carbocycles. The molecule has 0 saturated heterocycles. The summed E-state index contributed by atoms with van der Waals surface area (Å²) >= 11 is 0. The van der Waals surface area contributed by atoms with Crippen molar-refractivity contribution in [2.45, 2.75) is 39.3 Å². The van der Waals surface area contributed by atoms with Gasteiger partial charge in [0, 0.05) is 18.9 Å². The highest BCUT2D eigenvalue weighted by Gasteiger charge is 2.31. The lowest BCUT2D eigenvalue weighted by atomic mass is 10.1. The van der Waals surface area contributed by atoms with Crippen molar-refractivity contribution in [1.29, 1.82) is 0 Å². The Morgan fingerprint density at radius 2 is 2.21 bits per heavy atom. The van der Waals surface area contributed by atoms with Gasteiger partial charge < -0.3 is 9.67 Å². The van der Waals surface area contributed by atoms with Gasteiger partial charge >= 0.3 is 0 Å². The molecular weight excluding hydrogens is 174 g/mol. The predicted molar refractivity (Wildman–Crippen MR) is 57.0 cm³/mol. The summed E-state index contributed by atoms with van der Waals surface area (Å²) in [4.78, 5) is 0. The fourth-order valence-electron chi connectivity index (χ4n) is 1.85. The summed E-state index contributed by atoms with van der Waals surface area (Å²) in [7, 11) is 0. The summed E-state index contributed by atoms with van der Waals surface area (Å²) in [6, 6.07) is 2.05. The van der Waals surface area contributed by atoms with E-state index in [-0.39, 0.29) is 6.10 Å². The Kier molecular flexibility index (Phi) is 2.64.